The van der Waals surface area contributed by atoms with Crippen molar-refractivity contribution < 1.29 is 17.5 Å². The summed E-state index contributed by atoms with van der Waals surface area (Å²) in [5, 5.41) is 20.4. The largest absolute Gasteiger partial charge is 0.376 e. The zero-order chi connectivity index (χ0) is 23.5. The lowest BCUT2D eigenvalue weighted by molar-refractivity contribution is -0.384. The maximum absolute atomic E-state index is 12.5. The maximum Gasteiger partial charge on any atom is 0.339 e. The van der Waals surface area contributed by atoms with Gasteiger partial charge in [0, 0.05) is 17.2 Å². The summed E-state index contributed by atoms with van der Waals surface area (Å²) in [4.78, 5) is 10.1. The number of hydrogen-bond acceptors (Lipinski definition) is 6. The monoisotopic (exact) mass is 508 g/mol. The van der Waals surface area contributed by atoms with E-state index < -0.39 is 15.0 Å². The van der Waals surface area contributed by atoms with Gasteiger partial charge in [-0.3, -0.25) is 10.1 Å². The van der Waals surface area contributed by atoms with Crippen LogP contribution in [0.15, 0.2) is 65.6 Å². The van der Waals surface area contributed by atoms with E-state index in [2.05, 4.69) is 0 Å². The van der Waals surface area contributed by atoms with Gasteiger partial charge in [0.2, 0.25) is 0 Å². The summed E-state index contributed by atoms with van der Waals surface area (Å²) in [6.07, 6.45) is 1.45. The molecule has 32 heavy (non-hydrogen) atoms. The summed E-state index contributed by atoms with van der Waals surface area (Å²) in [5.41, 5.74) is 0.914. The molecule has 0 saturated heterocycles. The van der Waals surface area contributed by atoms with Crippen LogP contribution < -0.4 is 4.18 Å². The zero-order valence-corrected chi connectivity index (χ0v) is 18.9. The molecule has 0 aliphatic carbocycles. The molecule has 3 aromatic rings. The van der Waals surface area contributed by atoms with Crippen molar-refractivity contribution in [3.8, 4) is 11.8 Å². The fraction of sp³-hybridized carbons (Fsp3) is 0. The number of non-ortho nitro benzene ring substituents is 1. The Labute approximate surface area is 198 Å². The van der Waals surface area contributed by atoms with Crippen LogP contribution >= 0.6 is 34.8 Å². The molecule has 0 amide bonds. The van der Waals surface area contributed by atoms with Gasteiger partial charge in [-0.05, 0) is 65.7 Å². The number of nitro groups is 1. The molecule has 0 fully saturated rings. The van der Waals surface area contributed by atoms with Crippen molar-refractivity contribution in [2.24, 2.45) is 0 Å². The van der Waals surface area contributed by atoms with E-state index in [9.17, 15) is 23.8 Å². The molecule has 162 valence electrons. The molecule has 0 unspecified atom stereocenters. The highest BCUT2D eigenvalue weighted by Crippen LogP contribution is 2.37. The van der Waals surface area contributed by atoms with Crippen LogP contribution in [-0.2, 0) is 10.1 Å². The third-order valence-corrected chi connectivity index (χ3v) is 6.19. The molecule has 3 aromatic carbocycles. The number of hydrogen-bond donors (Lipinski definition) is 0. The van der Waals surface area contributed by atoms with E-state index in [1.807, 2.05) is 6.07 Å². The minimum Gasteiger partial charge on any atom is -0.376 e. The summed E-state index contributed by atoms with van der Waals surface area (Å²) in [6.45, 7) is 0. The molecule has 0 atom stereocenters. The average molecular weight is 510 g/mol. The second-order valence-corrected chi connectivity index (χ2v) is 9.08. The van der Waals surface area contributed by atoms with E-state index in [0.717, 1.165) is 0 Å². The van der Waals surface area contributed by atoms with Crippen LogP contribution in [0.3, 0.4) is 0 Å². The lowest BCUT2D eigenvalue weighted by Crippen LogP contribution is -2.10. The van der Waals surface area contributed by atoms with Crippen LogP contribution in [-0.4, -0.2) is 13.3 Å². The van der Waals surface area contributed by atoms with Gasteiger partial charge in [-0.15, -0.1) is 0 Å². The van der Waals surface area contributed by atoms with Crippen LogP contribution in [0, 0.1) is 21.4 Å². The van der Waals surface area contributed by atoms with E-state index >= 15 is 0 Å². The fourth-order valence-electron chi connectivity index (χ4n) is 2.61. The average Bonchev–Trinajstić information content (AvgIpc) is 2.75. The molecule has 0 saturated carbocycles. The predicted molar refractivity (Wildman–Crippen MR) is 122 cm³/mol. The molecule has 0 aromatic heterocycles. The highest BCUT2D eigenvalue weighted by Gasteiger charge is 2.21. The van der Waals surface area contributed by atoms with E-state index in [1.54, 1.807) is 0 Å². The third kappa shape index (κ3) is 5.39. The first-order valence-electron chi connectivity index (χ1n) is 8.66. The van der Waals surface area contributed by atoms with Crippen LogP contribution in [0.25, 0.3) is 11.6 Å². The van der Waals surface area contributed by atoms with Crippen molar-refractivity contribution in [3.63, 3.8) is 0 Å². The van der Waals surface area contributed by atoms with Gasteiger partial charge >= 0.3 is 10.1 Å². The van der Waals surface area contributed by atoms with E-state index in [1.165, 1.54) is 66.7 Å². The van der Waals surface area contributed by atoms with E-state index in [0.29, 0.717) is 16.1 Å². The second kappa shape index (κ2) is 9.59. The molecule has 0 bridgehead atoms. The first-order chi connectivity index (χ1) is 15.1. The Balaban J connectivity index is 1.93. The number of allylic oxidation sites excluding steroid dienone is 1. The molecule has 7 nitrogen and oxygen atoms in total. The molecule has 0 radical (unpaired) electrons. The molecule has 11 heteroatoms. The van der Waals surface area contributed by atoms with Crippen LogP contribution in [0.1, 0.15) is 11.1 Å². The van der Waals surface area contributed by atoms with Gasteiger partial charge in [0.1, 0.15) is 4.90 Å². The molecule has 0 spiro atoms. The Hall–Kier alpha value is -3.09. The first-order valence-corrected chi connectivity index (χ1v) is 11.2. The first kappa shape index (κ1) is 23.6. The van der Waals surface area contributed by atoms with E-state index in [4.69, 9.17) is 39.0 Å². The second-order valence-electron chi connectivity index (χ2n) is 6.28. The van der Waals surface area contributed by atoms with Crippen molar-refractivity contribution in [1.82, 2.24) is 0 Å². The van der Waals surface area contributed by atoms with Gasteiger partial charge in [-0.2, -0.15) is 13.7 Å². The molecular formula is C21H11Cl3N2O5S. The number of halogens is 3. The number of nitriles is 1. The fourth-order valence-corrected chi connectivity index (χ4v) is 4.37. The van der Waals surface area contributed by atoms with Gasteiger partial charge in [0.15, 0.2) is 5.75 Å². The maximum atomic E-state index is 12.5. The molecule has 0 aliphatic rings. The Morgan fingerprint density at radius 2 is 1.56 bits per heavy atom. The molecule has 0 aliphatic heterocycles. The van der Waals surface area contributed by atoms with Crippen molar-refractivity contribution in [1.29, 1.82) is 5.26 Å². The molecule has 3 rings (SSSR count). The zero-order valence-electron chi connectivity index (χ0n) is 15.8. The molecular weight excluding hydrogens is 499 g/mol. The quantitative estimate of drug-likeness (QED) is 0.125. The van der Waals surface area contributed by atoms with Gasteiger partial charge in [0.25, 0.3) is 5.69 Å². The van der Waals surface area contributed by atoms with Gasteiger partial charge in [0.05, 0.1) is 26.6 Å². The summed E-state index contributed by atoms with van der Waals surface area (Å²) in [7, 11) is -4.22. The Bertz CT molecular complexity index is 1340. The van der Waals surface area contributed by atoms with E-state index in [-0.39, 0.29) is 32.0 Å². The number of rotatable bonds is 6. The number of benzene rings is 3. The Morgan fingerprint density at radius 3 is 2.06 bits per heavy atom. The Morgan fingerprint density at radius 1 is 1.00 bits per heavy atom. The summed E-state index contributed by atoms with van der Waals surface area (Å²) in [5.74, 6) is -0.269. The lowest BCUT2D eigenvalue weighted by atomic mass is 10.0. The molecule has 0 heterocycles. The van der Waals surface area contributed by atoms with Crippen molar-refractivity contribution in [2.45, 2.75) is 4.90 Å². The smallest absolute Gasteiger partial charge is 0.339 e. The summed E-state index contributed by atoms with van der Waals surface area (Å²) >= 11 is 18.2. The normalized spacial score (nSPS) is 11.6. The van der Waals surface area contributed by atoms with Crippen molar-refractivity contribution in [3.05, 3.63) is 97.0 Å². The topological polar surface area (TPSA) is 110 Å². The number of nitrogens with zero attached hydrogens (tertiary/aromatic N) is 2. The van der Waals surface area contributed by atoms with Crippen molar-refractivity contribution in [2.75, 3.05) is 0 Å². The van der Waals surface area contributed by atoms with Gasteiger partial charge in [-0.1, -0.05) is 34.8 Å². The molecule has 0 N–H and O–H groups in total. The third-order valence-electron chi connectivity index (χ3n) is 4.14. The standard InChI is InChI=1S/C21H11Cl3N2O5S/c22-16-3-7-18(8-4-16)32(29,30)31-21-19(23)10-13(11-20(21)24)9-15(12-25)14-1-5-17(6-2-14)26(27)28/h1-11H/b15-9+. The number of nitro benzene ring substituents is 1. The van der Waals surface area contributed by atoms with Crippen LogP contribution in [0.4, 0.5) is 5.69 Å². The SMILES string of the molecule is N#C/C(=C\c1cc(Cl)c(OS(=O)(=O)c2ccc(Cl)cc2)c(Cl)c1)c1ccc([N+](=O)[O-])cc1. The van der Waals surface area contributed by atoms with Crippen molar-refractivity contribution >= 4 is 62.3 Å². The van der Waals surface area contributed by atoms with Gasteiger partial charge in [-0.25, -0.2) is 0 Å². The highest BCUT2D eigenvalue weighted by atomic mass is 35.5. The predicted octanol–water partition coefficient (Wildman–Crippen LogP) is 6.39. The summed E-state index contributed by atoms with van der Waals surface area (Å²) in [6, 6.07) is 15.5. The van der Waals surface area contributed by atoms with Crippen LogP contribution in [0.2, 0.25) is 15.1 Å². The lowest BCUT2D eigenvalue weighted by Gasteiger charge is -2.11. The minimum absolute atomic E-state index is 0.0951. The summed E-state index contributed by atoms with van der Waals surface area (Å²) < 4.78 is 30.1. The minimum atomic E-state index is -4.22. The highest BCUT2D eigenvalue weighted by molar-refractivity contribution is 7.87. The van der Waals surface area contributed by atoms with Gasteiger partial charge < -0.3 is 4.18 Å². The van der Waals surface area contributed by atoms with Crippen LogP contribution in [0.5, 0.6) is 5.75 Å². The Kier molecular flexibility index (Phi) is 7.06.